The zero-order chi connectivity index (χ0) is 18.1. The Bertz CT molecular complexity index is 616. The van der Waals surface area contributed by atoms with Crippen LogP contribution < -0.4 is 16.0 Å². The summed E-state index contributed by atoms with van der Waals surface area (Å²) >= 11 is 0. The number of nitro benzene ring substituents is 1. The van der Waals surface area contributed by atoms with Gasteiger partial charge >= 0.3 is 6.03 Å². The number of carbonyl (C=O) groups excluding carboxylic acids is 2. The zero-order valence-corrected chi connectivity index (χ0v) is 14.0. The maximum Gasteiger partial charge on any atom is 0.314 e. The highest BCUT2D eigenvalue weighted by molar-refractivity contribution is 5.78. The van der Waals surface area contributed by atoms with Crippen molar-refractivity contribution in [3.8, 4) is 0 Å². The number of para-hydroxylation sites is 2. The minimum Gasteiger partial charge on any atom is -0.378 e. The zero-order valence-electron chi connectivity index (χ0n) is 14.0. The third-order valence-electron chi connectivity index (χ3n) is 3.91. The largest absolute Gasteiger partial charge is 0.378 e. The minimum atomic E-state index is -0.458. The average molecular weight is 349 g/mol. The van der Waals surface area contributed by atoms with Crippen molar-refractivity contribution < 1.29 is 14.5 Å². The van der Waals surface area contributed by atoms with Gasteiger partial charge in [0.25, 0.3) is 5.69 Å². The van der Waals surface area contributed by atoms with Gasteiger partial charge in [0.1, 0.15) is 5.69 Å². The Balaban J connectivity index is 1.59. The number of amides is 3. The van der Waals surface area contributed by atoms with Crippen molar-refractivity contribution in [2.24, 2.45) is 0 Å². The van der Waals surface area contributed by atoms with Crippen molar-refractivity contribution in [1.82, 2.24) is 15.5 Å². The van der Waals surface area contributed by atoms with E-state index in [0.717, 1.165) is 25.9 Å². The minimum absolute atomic E-state index is 0.00706. The van der Waals surface area contributed by atoms with E-state index in [-0.39, 0.29) is 17.6 Å². The molecule has 0 aliphatic carbocycles. The van der Waals surface area contributed by atoms with E-state index in [1.807, 2.05) is 4.90 Å². The maximum absolute atomic E-state index is 11.8. The molecule has 0 aromatic heterocycles. The van der Waals surface area contributed by atoms with Crippen LogP contribution in [0.2, 0.25) is 0 Å². The van der Waals surface area contributed by atoms with Crippen LogP contribution in [-0.2, 0) is 4.79 Å². The smallest absolute Gasteiger partial charge is 0.314 e. The maximum atomic E-state index is 11.8. The molecule has 0 unspecified atom stereocenters. The number of urea groups is 1. The molecule has 2 rings (SSSR count). The first kappa shape index (κ1) is 18.5. The second kappa shape index (κ2) is 9.45. The number of rotatable bonds is 8. The van der Waals surface area contributed by atoms with Crippen molar-refractivity contribution in [1.29, 1.82) is 0 Å². The summed E-state index contributed by atoms with van der Waals surface area (Å²) in [6.07, 6.45) is 2.39. The molecule has 0 spiro atoms. The first-order valence-corrected chi connectivity index (χ1v) is 8.34. The van der Waals surface area contributed by atoms with Gasteiger partial charge in [-0.15, -0.1) is 0 Å². The summed E-state index contributed by atoms with van der Waals surface area (Å²) in [6.45, 7) is 2.56. The number of hydrogen-bond acceptors (Lipinski definition) is 5. The van der Waals surface area contributed by atoms with Crippen LogP contribution in [0.15, 0.2) is 24.3 Å². The highest BCUT2D eigenvalue weighted by Crippen LogP contribution is 2.22. The van der Waals surface area contributed by atoms with Gasteiger partial charge in [-0.3, -0.25) is 14.9 Å². The van der Waals surface area contributed by atoms with Crippen molar-refractivity contribution >= 4 is 23.3 Å². The first-order chi connectivity index (χ1) is 12.1. The van der Waals surface area contributed by atoms with Gasteiger partial charge in [-0.2, -0.15) is 0 Å². The fraction of sp³-hybridized carbons (Fsp3) is 0.500. The lowest BCUT2D eigenvalue weighted by Gasteiger charge is -2.15. The molecule has 1 fully saturated rings. The Hall–Kier alpha value is -2.84. The van der Waals surface area contributed by atoms with E-state index in [9.17, 15) is 19.7 Å². The molecule has 25 heavy (non-hydrogen) atoms. The second-order valence-corrected chi connectivity index (χ2v) is 5.72. The van der Waals surface area contributed by atoms with Crippen molar-refractivity contribution in [2.75, 3.05) is 38.0 Å². The number of carbonyl (C=O) groups is 2. The molecule has 0 atom stereocenters. The molecule has 0 bridgehead atoms. The Morgan fingerprint density at radius 1 is 1.08 bits per heavy atom. The van der Waals surface area contributed by atoms with Crippen molar-refractivity contribution in [3.63, 3.8) is 0 Å². The first-order valence-electron chi connectivity index (χ1n) is 8.34. The summed E-state index contributed by atoms with van der Waals surface area (Å²) in [5.41, 5.74) is 0.401. The van der Waals surface area contributed by atoms with Crippen molar-refractivity contribution in [3.05, 3.63) is 34.4 Å². The molecule has 1 aromatic carbocycles. The molecule has 1 aromatic rings. The standard InChI is InChI=1S/C16H23N5O4/c22-15(20-11-3-4-12-20)7-8-18-16(23)19-10-9-17-13-5-1-2-6-14(13)21(24)25/h1-2,5-6,17H,3-4,7-12H2,(H2,18,19,23). The van der Waals surface area contributed by atoms with E-state index < -0.39 is 4.92 Å². The molecule has 9 nitrogen and oxygen atoms in total. The van der Waals surface area contributed by atoms with Gasteiger partial charge in [0.05, 0.1) is 4.92 Å². The third-order valence-corrected chi connectivity index (χ3v) is 3.91. The summed E-state index contributed by atoms with van der Waals surface area (Å²) in [6, 6.07) is 5.96. The summed E-state index contributed by atoms with van der Waals surface area (Å²) in [4.78, 5) is 35.7. The number of anilines is 1. The van der Waals surface area contributed by atoms with Crippen LogP contribution in [0, 0.1) is 10.1 Å². The second-order valence-electron chi connectivity index (χ2n) is 5.72. The Labute approximate surface area is 145 Å². The van der Waals surface area contributed by atoms with Crippen LogP contribution in [0.3, 0.4) is 0 Å². The van der Waals surface area contributed by atoms with Gasteiger partial charge in [-0.25, -0.2) is 4.79 Å². The van der Waals surface area contributed by atoms with Gasteiger partial charge in [0.15, 0.2) is 0 Å². The van der Waals surface area contributed by atoms with E-state index >= 15 is 0 Å². The summed E-state index contributed by atoms with van der Waals surface area (Å²) < 4.78 is 0. The van der Waals surface area contributed by atoms with Crippen LogP contribution in [0.1, 0.15) is 19.3 Å². The van der Waals surface area contributed by atoms with Gasteiger partial charge < -0.3 is 20.9 Å². The number of nitrogens with one attached hydrogen (secondary N) is 3. The normalized spacial score (nSPS) is 13.4. The van der Waals surface area contributed by atoms with Gasteiger partial charge in [0.2, 0.25) is 5.91 Å². The predicted molar refractivity (Wildman–Crippen MR) is 93.4 cm³/mol. The highest BCUT2D eigenvalue weighted by Gasteiger charge is 2.17. The molecule has 0 saturated carbocycles. The summed E-state index contributed by atoms with van der Waals surface area (Å²) in [5.74, 6) is 0.0656. The van der Waals surface area contributed by atoms with E-state index in [1.54, 1.807) is 18.2 Å². The molecule has 9 heteroatoms. The molecule has 3 N–H and O–H groups in total. The fourth-order valence-electron chi connectivity index (χ4n) is 2.63. The molecular formula is C16H23N5O4. The molecule has 1 aliphatic rings. The van der Waals surface area contributed by atoms with Gasteiger partial charge in [-0.05, 0) is 18.9 Å². The van der Waals surface area contributed by atoms with Gasteiger partial charge in [0, 0.05) is 45.2 Å². The molecule has 3 amide bonds. The topological polar surface area (TPSA) is 117 Å². The third kappa shape index (κ3) is 5.94. The van der Waals surface area contributed by atoms with E-state index in [2.05, 4.69) is 16.0 Å². The van der Waals surface area contributed by atoms with Crippen LogP contribution in [0.25, 0.3) is 0 Å². The fourth-order valence-corrected chi connectivity index (χ4v) is 2.63. The van der Waals surface area contributed by atoms with E-state index in [0.29, 0.717) is 31.7 Å². The quantitative estimate of drug-likeness (QED) is 0.372. The van der Waals surface area contributed by atoms with Crippen LogP contribution in [0.5, 0.6) is 0 Å². The predicted octanol–water partition coefficient (Wildman–Crippen LogP) is 1.32. The SMILES string of the molecule is O=C(NCCNc1ccccc1[N+](=O)[O-])NCCC(=O)N1CCCC1. The van der Waals surface area contributed by atoms with Crippen molar-refractivity contribution in [2.45, 2.75) is 19.3 Å². The van der Waals surface area contributed by atoms with Crippen LogP contribution in [0.4, 0.5) is 16.2 Å². The summed E-state index contributed by atoms with van der Waals surface area (Å²) in [5, 5.41) is 19.1. The Morgan fingerprint density at radius 3 is 2.48 bits per heavy atom. The Morgan fingerprint density at radius 2 is 1.76 bits per heavy atom. The average Bonchev–Trinajstić information content (AvgIpc) is 3.13. The number of nitrogens with zero attached hydrogens (tertiary/aromatic N) is 2. The molecule has 1 aliphatic heterocycles. The number of nitro groups is 1. The summed E-state index contributed by atoms with van der Waals surface area (Å²) in [7, 11) is 0. The highest BCUT2D eigenvalue weighted by atomic mass is 16.6. The molecule has 1 heterocycles. The van der Waals surface area contributed by atoms with Gasteiger partial charge in [-0.1, -0.05) is 12.1 Å². The van der Waals surface area contributed by atoms with E-state index in [4.69, 9.17) is 0 Å². The monoisotopic (exact) mass is 349 g/mol. The molecular weight excluding hydrogens is 326 g/mol. The van der Waals surface area contributed by atoms with Crippen LogP contribution in [-0.4, -0.2) is 54.5 Å². The molecule has 136 valence electrons. The number of benzene rings is 1. The van der Waals surface area contributed by atoms with Crippen LogP contribution >= 0.6 is 0 Å². The number of likely N-dealkylation sites (tertiary alicyclic amines) is 1. The lowest BCUT2D eigenvalue weighted by molar-refractivity contribution is -0.384. The molecule has 0 radical (unpaired) electrons. The lowest BCUT2D eigenvalue weighted by Crippen LogP contribution is -2.40. The number of hydrogen-bond donors (Lipinski definition) is 3. The Kier molecular flexibility index (Phi) is 7.00. The lowest BCUT2D eigenvalue weighted by atomic mass is 10.2. The molecule has 1 saturated heterocycles. The van der Waals surface area contributed by atoms with E-state index in [1.165, 1.54) is 6.07 Å².